The van der Waals surface area contributed by atoms with E-state index in [-0.39, 0.29) is 18.2 Å². The van der Waals surface area contributed by atoms with Crippen LogP contribution in [0, 0.1) is 18.7 Å². The van der Waals surface area contributed by atoms with E-state index >= 15 is 0 Å². The van der Waals surface area contributed by atoms with E-state index in [9.17, 15) is 14.0 Å². The Labute approximate surface area is 156 Å². The van der Waals surface area contributed by atoms with E-state index in [2.05, 4.69) is 10.3 Å². The number of rotatable bonds is 3. The Morgan fingerprint density at radius 2 is 2.04 bits per heavy atom. The summed E-state index contributed by atoms with van der Waals surface area (Å²) in [6.07, 6.45) is 0.630. The number of anilines is 1. The van der Waals surface area contributed by atoms with Gasteiger partial charge in [-0.15, -0.1) is 0 Å². The topological polar surface area (TPSA) is 61.8 Å². The van der Waals surface area contributed by atoms with Gasteiger partial charge in [-0.2, -0.15) is 0 Å². The van der Waals surface area contributed by atoms with Gasteiger partial charge in [-0.3, -0.25) is 19.5 Å². The maximum Gasteiger partial charge on any atom is 0.238 e. The molecule has 1 unspecified atom stereocenters. The van der Waals surface area contributed by atoms with Crippen LogP contribution in [0.15, 0.2) is 47.5 Å². The van der Waals surface area contributed by atoms with Crippen molar-refractivity contribution in [1.82, 2.24) is 4.90 Å². The van der Waals surface area contributed by atoms with Crippen molar-refractivity contribution >= 4 is 28.8 Å². The van der Waals surface area contributed by atoms with Crippen molar-refractivity contribution in [1.29, 1.82) is 0 Å². The van der Waals surface area contributed by atoms with Crippen LogP contribution in [0.4, 0.5) is 15.8 Å². The highest BCUT2D eigenvalue weighted by Gasteiger charge is 2.36. The number of aliphatic imine (C=N–C) groups is 1. The van der Waals surface area contributed by atoms with E-state index in [4.69, 9.17) is 0 Å². The minimum absolute atomic E-state index is 0.113. The second-order valence-electron chi connectivity index (χ2n) is 7.08. The molecule has 1 saturated heterocycles. The van der Waals surface area contributed by atoms with Crippen molar-refractivity contribution in [2.24, 2.45) is 10.9 Å². The van der Waals surface area contributed by atoms with E-state index in [0.717, 1.165) is 17.0 Å². The van der Waals surface area contributed by atoms with Gasteiger partial charge in [-0.05, 0) is 43.7 Å². The standard InChI is InChI=1S/C21H20FN3O2/c1-13-2-5-15(6-3-13)23-20(26)12-25-9-8-19-17(11-25)21(27)16-10-14(22)4-7-18(16)24-19/h2-7,10,17H,8-9,11-12H2,1H3,(H,23,26). The second kappa shape index (κ2) is 7.04. The quantitative estimate of drug-likeness (QED) is 0.907. The van der Waals surface area contributed by atoms with Gasteiger partial charge in [0.15, 0.2) is 5.78 Å². The lowest BCUT2D eigenvalue weighted by Gasteiger charge is -2.34. The molecule has 0 saturated carbocycles. The summed E-state index contributed by atoms with van der Waals surface area (Å²) in [5, 5.41) is 2.88. The average Bonchev–Trinajstić information content (AvgIpc) is 2.65. The molecule has 1 atom stereocenters. The van der Waals surface area contributed by atoms with E-state index in [0.29, 0.717) is 30.8 Å². The molecule has 6 heteroatoms. The molecule has 1 amide bonds. The van der Waals surface area contributed by atoms with Crippen molar-refractivity contribution in [3.8, 4) is 0 Å². The minimum atomic E-state index is -0.439. The molecule has 2 aliphatic rings. The number of nitrogens with zero attached hydrogens (tertiary/aromatic N) is 2. The molecule has 2 aromatic carbocycles. The normalized spacial score (nSPS) is 19.1. The Morgan fingerprint density at radius 3 is 2.81 bits per heavy atom. The number of benzene rings is 2. The summed E-state index contributed by atoms with van der Waals surface area (Å²) in [6.45, 7) is 3.29. The van der Waals surface area contributed by atoms with Gasteiger partial charge >= 0.3 is 0 Å². The molecule has 0 radical (unpaired) electrons. The van der Waals surface area contributed by atoms with Crippen molar-refractivity contribution in [3.63, 3.8) is 0 Å². The number of ketones is 1. The molecule has 2 aromatic rings. The summed E-state index contributed by atoms with van der Waals surface area (Å²) in [6, 6.07) is 11.7. The number of nitrogens with one attached hydrogen (secondary N) is 1. The van der Waals surface area contributed by atoms with Gasteiger partial charge in [0.05, 0.1) is 18.2 Å². The smallest absolute Gasteiger partial charge is 0.238 e. The van der Waals surface area contributed by atoms with Crippen LogP contribution in [-0.2, 0) is 4.79 Å². The number of carbonyl (C=O) groups is 2. The molecule has 4 rings (SSSR count). The lowest BCUT2D eigenvalue weighted by atomic mass is 9.85. The molecular weight excluding hydrogens is 345 g/mol. The molecular formula is C21H20FN3O2. The average molecular weight is 365 g/mol. The van der Waals surface area contributed by atoms with E-state index in [1.54, 1.807) is 6.07 Å². The maximum absolute atomic E-state index is 13.5. The molecule has 138 valence electrons. The Hall–Kier alpha value is -2.86. The Balaban J connectivity index is 1.43. The summed E-state index contributed by atoms with van der Waals surface area (Å²) < 4.78 is 13.5. The van der Waals surface area contributed by atoms with Crippen LogP contribution in [0.25, 0.3) is 0 Å². The largest absolute Gasteiger partial charge is 0.325 e. The molecule has 1 N–H and O–H groups in total. The SMILES string of the molecule is Cc1ccc(NC(=O)CN2CCC3=Nc4ccc(F)cc4C(=O)C3C2)cc1. The van der Waals surface area contributed by atoms with Crippen LogP contribution in [0.1, 0.15) is 22.3 Å². The number of aryl methyl sites for hydroxylation is 1. The molecule has 27 heavy (non-hydrogen) atoms. The number of piperidine rings is 1. The highest BCUT2D eigenvalue weighted by atomic mass is 19.1. The van der Waals surface area contributed by atoms with E-state index in [1.807, 2.05) is 36.1 Å². The fourth-order valence-corrected chi connectivity index (χ4v) is 3.60. The first-order valence-electron chi connectivity index (χ1n) is 9.00. The van der Waals surface area contributed by atoms with Crippen molar-refractivity contribution in [3.05, 3.63) is 59.4 Å². The van der Waals surface area contributed by atoms with Gasteiger partial charge in [-0.1, -0.05) is 17.7 Å². The van der Waals surface area contributed by atoms with Gasteiger partial charge in [0.1, 0.15) is 5.82 Å². The van der Waals surface area contributed by atoms with Gasteiger partial charge in [-0.25, -0.2) is 4.39 Å². The summed E-state index contributed by atoms with van der Waals surface area (Å²) in [5.74, 6) is -1.07. The first-order valence-corrected chi connectivity index (χ1v) is 9.00. The molecule has 0 aromatic heterocycles. The highest BCUT2D eigenvalue weighted by molar-refractivity contribution is 6.18. The molecule has 5 nitrogen and oxygen atoms in total. The third-order valence-electron chi connectivity index (χ3n) is 5.03. The predicted octanol–water partition coefficient (Wildman–Crippen LogP) is 3.36. The number of carbonyl (C=O) groups excluding carboxylic acids is 2. The van der Waals surface area contributed by atoms with Crippen molar-refractivity contribution < 1.29 is 14.0 Å². The summed E-state index contributed by atoms with van der Waals surface area (Å²) in [4.78, 5) is 31.6. The van der Waals surface area contributed by atoms with E-state index in [1.165, 1.54) is 12.1 Å². The summed E-state index contributed by atoms with van der Waals surface area (Å²) >= 11 is 0. The van der Waals surface area contributed by atoms with Crippen LogP contribution in [0.2, 0.25) is 0 Å². The van der Waals surface area contributed by atoms with E-state index < -0.39 is 11.7 Å². The van der Waals surface area contributed by atoms with Gasteiger partial charge in [0.2, 0.25) is 5.91 Å². The highest BCUT2D eigenvalue weighted by Crippen LogP contribution is 2.32. The predicted molar refractivity (Wildman–Crippen MR) is 102 cm³/mol. The zero-order chi connectivity index (χ0) is 19.0. The zero-order valence-corrected chi connectivity index (χ0v) is 15.0. The third kappa shape index (κ3) is 3.66. The molecule has 1 fully saturated rings. The van der Waals surface area contributed by atoms with Crippen LogP contribution >= 0.6 is 0 Å². The molecule has 0 bridgehead atoms. The fourth-order valence-electron chi connectivity index (χ4n) is 3.60. The Morgan fingerprint density at radius 1 is 1.26 bits per heavy atom. The Kier molecular flexibility index (Phi) is 4.58. The monoisotopic (exact) mass is 365 g/mol. The molecule has 2 heterocycles. The number of likely N-dealkylation sites (tertiary alicyclic amines) is 1. The van der Waals surface area contributed by atoms with Crippen LogP contribution in [0.3, 0.4) is 0 Å². The molecule has 0 aliphatic carbocycles. The summed E-state index contributed by atoms with van der Waals surface area (Å²) in [5.41, 5.74) is 3.58. The number of halogens is 1. The maximum atomic E-state index is 13.5. The number of Topliss-reactive ketones (excluding diaryl/α,β-unsaturated/α-hetero) is 1. The van der Waals surface area contributed by atoms with Gasteiger partial charge in [0.25, 0.3) is 0 Å². The summed E-state index contributed by atoms with van der Waals surface area (Å²) in [7, 11) is 0. The lowest BCUT2D eigenvalue weighted by Crippen LogP contribution is -2.47. The third-order valence-corrected chi connectivity index (χ3v) is 5.03. The number of amides is 1. The number of hydrogen-bond donors (Lipinski definition) is 1. The van der Waals surface area contributed by atoms with Crippen LogP contribution in [-0.4, -0.2) is 41.9 Å². The fraction of sp³-hybridized carbons (Fsp3) is 0.286. The molecule has 0 spiro atoms. The lowest BCUT2D eigenvalue weighted by molar-refractivity contribution is -0.117. The molecule has 2 aliphatic heterocycles. The minimum Gasteiger partial charge on any atom is -0.325 e. The zero-order valence-electron chi connectivity index (χ0n) is 15.0. The Bertz CT molecular complexity index is 937. The van der Waals surface area contributed by atoms with Gasteiger partial charge in [0, 0.05) is 30.1 Å². The number of fused-ring (bicyclic) bond motifs is 2. The second-order valence-corrected chi connectivity index (χ2v) is 7.08. The number of hydrogen-bond acceptors (Lipinski definition) is 4. The van der Waals surface area contributed by atoms with Crippen molar-refractivity contribution in [2.45, 2.75) is 13.3 Å². The van der Waals surface area contributed by atoms with Crippen LogP contribution < -0.4 is 5.32 Å². The van der Waals surface area contributed by atoms with Crippen molar-refractivity contribution in [2.75, 3.05) is 25.0 Å². The van der Waals surface area contributed by atoms with Gasteiger partial charge < -0.3 is 5.32 Å². The first kappa shape index (κ1) is 17.5. The van der Waals surface area contributed by atoms with Crippen LogP contribution in [0.5, 0.6) is 0 Å². The first-order chi connectivity index (χ1) is 13.0.